The molecular weight excluding hydrogens is 258 g/mol. The molecule has 0 unspecified atom stereocenters. The van der Waals surface area contributed by atoms with Gasteiger partial charge in [0.2, 0.25) is 0 Å². The van der Waals surface area contributed by atoms with Crippen molar-refractivity contribution >= 4 is 11.7 Å². The number of rotatable bonds is 3. The second-order valence-corrected chi connectivity index (χ2v) is 5.31. The van der Waals surface area contributed by atoms with E-state index >= 15 is 0 Å². The van der Waals surface area contributed by atoms with Crippen molar-refractivity contribution in [3.8, 4) is 5.75 Å². The van der Waals surface area contributed by atoms with Crippen molar-refractivity contribution < 1.29 is 19.4 Å². The van der Waals surface area contributed by atoms with Crippen molar-refractivity contribution in [1.82, 2.24) is 0 Å². The first kappa shape index (κ1) is 13.2. The average molecular weight is 277 g/mol. The van der Waals surface area contributed by atoms with E-state index in [0.29, 0.717) is 18.3 Å². The van der Waals surface area contributed by atoms with Crippen LogP contribution in [-0.4, -0.2) is 44.0 Å². The lowest BCUT2D eigenvalue weighted by Crippen LogP contribution is -2.38. The van der Waals surface area contributed by atoms with Gasteiger partial charge in [-0.15, -0.1) is 0 Å². The molecule has 108 valence electrons. The largest absolute Gasteiger partial charge is 0.489 e. The molecule has 2 aliphatic rings. The quantitative estimate of drug-likeness (QED) is 0.916. The average Bonchev–Trinajstić information content (AvgIpc) is 2.48. The lowest BCUT2D eigenvalue weighted by Gasteiger charge is -2.35. The highest BCUT2D eigenvalue weighted by Crippen LogP contribution is 2.36. The van der Waals surface area contributed by atoms with E-state index in [2.05, 4.69) is 4.90 Å². The van der Waals surface area contributed by atoms with Crippen LogP contribution in [0.1, 0.15) is 23.2 Å². The monoisotopic (exact) mass is 277 g/mol. The predicted octanol–water partition coefficient (Wildman–Crippen LogP) is 2.01. The number of nitrogens with zero attached hydrogens (tertiary/aromatic N) is 1. The van der Waals surface area contributed by atoms with Crippen LogP contribution in [0.5, 0.6) is 5.75 Å². The molecule has 0 amide bonds. The summed E-state index contributed by atoms with van der Waals surface area (Å²) in [6, 6.07) is 5.33. The van der Waals surface area contributed by atoms with Crippen LogP contribution in [0.4, 0.5) is 5.69 Å². The summed E-state index contributed by atoms with van der Waals surface area (Å²) in [6.07, 6.45) is 2.15. The zero-order chi connectivity index (χ0) is 13.9. The van der Waals surface area contributed by atoms with Gasteiger partial charge in [-0.1, -0.05) is 6.07 Å². The van der Waals surface area contributed by atoms with Crippen molar-refractivity contribution in [1.29, 1.82) is 0 Å². The van der Waals surface area contributed by atoms with Gasteiger partial charge in [0.15, 0.2) is 5.75 Å². The van der Waals surface area contributed by atoms with E-state index in [1.54, 1.807) is 12.1 Å². The molecule has 0 bridgehead atoms. The lowest BCUT2D eigenvalue weighted by molar-refractivity contribution is 0.0677. The van der Waals surface area contributed by atoms with E-state index in [-0.39, 0.29) is 5.56 Å². The first-order chi connectivity index (χ1) is 9.75. The second-order valence-electron chi connectivity index (χ2n) is 5.31. The van der Waals surface area contributed by atoms with Crippen LogP contribution in [-0.2, 0) is 4.74 Å². The maximum absolute atomic E-state index is 11.3. The number of hydrogen-bond donors (Lipinski definition) is 1. The Bertz CT molecular complexity index is 497. The molecule has 20 heavy (non-hydrogen) atoms. The van der Waals surface area contributed by atoms with Gasteiger partial charge in [-0.05, 0) is 30.9 Å². The molecule has 0 atom stereocenters. The van der Waals surface area contributed by atoms with Crippen molar-refractivity contribution in [2.24, 2.45) is 5.92 Å². The van der Waals surface area contributed by atoms with Crippen LogP contribution in [0.3, 0.4) is 0 Å². The molecule has 1 aromatic rings. The van der Waals surface area contributed by atoms with Crippen molar-refractivity contribution in [2.75, 3.05) is 37.8 Å². The maximum Gasteiger partial charge on any atom is 0.339 e. The summed E-state index contributed by atoms with van der Waals surface area (Å²) in [4.78, 5) is 13.5. The zero-order valence-corrected chi connectivity index (χ0v) is 11.4. The third-order valence-electron chi connectivity index (χ3n) is 3.99. The topological polar surface area (TPSA) is 59.0 Å². The van der Waals surface area contributed by atoms with E-state index < -0.39 is 5.97 Å². The van der Waals surface area contributed by atoms with Crippen molar-refractivity contribution in [3.05, 3.63) is 23.8 Å². The number of anilines is 1. The van der Waals surface area contributed by atoms with E-state index in [0.717, 1.165) is 44.8 Å². The smallest absolute Gasteiger partial charge is 0.339 e. The Hall–Kier alpha value is -1.75. The maximum atomic E-state index is 11.3. The fraction of sp³-hybridized carbons (Fsp3) is 0.533. The minimum atomic E-state index is -0.935. The highest BCUT2D eigenvalue weighted by Gasteiger charge is 2.26. The van der Waals surface area contributed by atoms with Crippen molar-refractivity contribution in [2.45, 2.75) is 12.8 Å². The van der Waals surface area contributed by atoms with Gasteiger partial charge in [-0.2, -0.15) is 0 Å². The van der Waals surface area contributed by atoms with Gasteiger partial charge in [0.25, 0.3) is 0 Å². The Balaban J connectivity index is 1.82. The standard InChI is InChI=1S/C15H19NO4/c17-15(18)12-2-1-3-13-14(12)20-9-6-16(13)10-11-4-7-19-8-5-11/h1-3,11H,4-10H2,(H,17,18). The number of carboxylic acid groups (broad SMARTS) is 1. The molecule has 0 aliphatic carbocycles. The third-order valence-corrected chi connectivity index (χ3v) is 3.99. The second kappa shape index (κ2) is 5.71. The molecule has 1 fully saturated rings. The van der Waals surface area contributed by atoms with Gasteiger partial charge in [-0.25, -0.2) is 4.79 Å². The first-order valence-electron chi connectivity index (χ1n) is 7.07. The van der Waals surface area contributed by atoms with E-state index in [1.165, 1.54) is 0 Å². The third kappa shape index (κ3) is 2.58. The van der Waals surface area contributed by atoms with Gasteiger partial charge >= 0.3 is 5.97 Å². The number of carbonyl (C=O) groups is 1. The number of aromatic carboxylic acids is 1. The van der Waals surface area contributed by atoms with Crippen LogP contribution in [0, 0.1) is 5.92 Å². The molecular formula is C15H19NO4. The number of carboxylic acids is 1. The minimum absolute atomic E-state index is 0.249. The summed E-state index contributed by atoms with van der Waals surface area (Å²) in [5.74, 6) is 0.191. The number of fused-ring (bicyclic) bond motifs is 1. The molecule has 3 rings (SSSR count). The molecule has 5 heteroatoms. The fourth-order valence-electron chi connectivity index (χ4n) is 2.90. The zero-order valence-electron chi connectivity index (χ0n) is 11.4. The molecule has 0 saturated carbocycles. The van der Waals surface area contributed by atoms with Crippen LogP contribution in [0.2, 0.25) is 0 Å². The molecule has 0 spiro atoms. The van der Waals surface area contributed by atoms with E-state index in [1.807, 2.05) is 6.07 Å². The predicted molar refractivity (Wildman–Crippen MR) is 74.7 cm³/mol. The number of hydrogen-bond acceptors (Lipinski definition) is 4. The van der Waals surface area contributed by atoms with E-state index in [4.69, 9.17) is 9.47 Å². The summed E-state index contributed by atoms with van der Waals surface area (Å²) < 4.78 is 11.0. The summed E-state index contributed by atoms with van der Waals surface area (Å²) in [7, 11) is 0. The number of para-hydroxylation sites is 1. The minimum Gasteiger partial charge on any atom is -0.489 e. The molecule has 1 saturated heterocycles. The van der Waals surface area contributed by atoms with Crippen LogP contribution in [0.15, 0.2) is 18.2 Å². The number of benzene rings is 1. The summed E-state index contributed by atoms with van der Waals surface area (Å²) in [6.45, 7) is 3.96. The number of ether oxygens (including phenoxy) is 2. The normalized spacial score (nSPS) is 19.3. The Morgan fingerprint density at radius 1 is 1.30 bits per heavy atom. The van der Waals surface area contributed by atoms with Gasteiger partial charge < -0.3 is 19.5 Å². The Kier molecular flexibility index (Phi) is 3.78. The highest BCUT2D eigenvalue weighted by atomic mass is 16.5. The summed E-state index contributed by atoms with van der Waals surface area (Å²) >= 11 is 0. The van der Waals surface area contributed by atoms with E-state index in [9.17, 15) is 9.90 Å². The lowest BCUT2D eigenvalue weighted by atomic mass is 9.99. The summed E-state index contributed by atoms with van der Waals surface area (Å²) in [5, 5.41) is 9.23. The first-order valence-corrected chi connectivity index (χ1v) is 7.07. The molecule has 1 aromatic carbocycles. The van der Waals surface area contributed by atoms with Gasteiger partial charge in [0.05, 0.1) is 12.2 Å². The summed E-state index contributed by atoms with van der Waals surface area (Å²) in [5.41, 5.74) is 1.15. The highest BCUT2D eigenvalue weighted by molar-refractivity contribution is 5.93. The molecule has 2 heterocycles. The molecule has 0 radical (unpaired) electrons. The van der Waals surface area contributed by atoms with Crippen LogP contribution < -0.4 is 9.64 Å². The molecule has 0 aromatic heterocycles. The molecule has 2 aliphatic heterocycles. The Labute approximate surface area is 118 Å². The Morgan fingerprint density at radius 3 is 2.85 bits per heavy atom. The molecule has 5 nitrogen and oxygen atoms in total. The SMILES string of the molecule is O=C(O)c1cccc2c1OCCN2CC1CCOCC1. The van der Waals surface area contributed by atoms with Crippen LogP contribution >= 0.6 is 0 Å². The van der Waals surface area contributed by atoms with Gasteiger partial charge in [0, 0.05) is 19.8 Å². The molecule has 1 N–H and O–H groups in total. The van der Waals surface area contributed by atoms with Gasteiger partial charge in [0.1, 0.15) is 12.2 Å². The fourth-order valence-corrected chi connectivity index (χ4v) is 2.90. The van der Waals surface area contributed by atoms with Gasteiger partial charge in [-0.3, -0.25) is 0 Å². The van der Waals surface area contributed by atoms with Crippen LogP contribution in [0.25, 0.3) is 0 Å². The Morgan fingerprint density at radius 2 is 2.10 bits per heavy atom. The van der Waals surface area contributed by atoms with Crippen molar-refractivity contribution in [3.63, 3.8) is 0 Å².